The van der Waals surface area contributed by atoms with Gasteiger partial charge in [0.2, 0.25) is 0 Å². The normalized spacial score (nSPS) is 23.5. The van der Waals surface area contributed by atoms with Gasteiger partial charge in [-0.25, -0.2) is 0 Å². The Balaban J connectivity index is 2.40. The number of ether oxygens (including phenoxy) is 1. The molecule has 1 rings (SSSR count). The van der Waals surface area contributed by atoms with E-state index in [1.807, 2.05) is 7.11 Å². The van der Waals surface area contributed by atoms with Crippen molar-refractivity contribution in [2.45, 2.75) is 52.5 Å². The number of hydrogen-bond acceptors (Lipinski definition) is 3. The van der Waals surface area contributed by atoms with Gasteiger partial charge in [-0.3, -0.25) is 4.90 Å². The Morgan fingerprint density at radius 3 is 2.63 bits per heavy atom. The molecule has 0 aromatic heterocycles. The molecule has 0 aromatic rings. The van der Waals surface area contributed by atoms with Crippen molar-refractivity contribution >= 4 is 0 Å². The van der Waals surface area contributed by atoms with E-state index in [-0.39, 0.29) is 0 Å². The van der Waals surface area contributed by atoms with Crippen molar-refractivity contribution in [3.05, 3.63) is 0 Å². The monoisotopic (exact) mass is 270 g/mol. The van der Waals surface area contributed by atoms with Crippen LogP contribution < -0.4 is 5.32 Å². The lowest BCUT2D eigenvalue weighted by Crippen LogP contribution is -2.46. The summed E-state index contributed by atoms with van der Waals surface area (Å²) in [6.45, 7) is 12.4. The van der Waals surface area contributed by atoms with Crippen molar-refractivity contribution < 1.29 is 4.74 Å². The molecule has 2 unspecified atom stereocenters. The molecule has 0 spiro atoms. The van der Waals surface area contributed by atoms with Crippen molar-refractivity contribution in [2.75, 3.05) is 39.9 Å². The van der Waals surface area contributed by atoms with Gasteiger partial charge in [0.05, 0.1) is 6.61 Å². The molecule has 3 nitrogen and oxygen atoms in total. The SMILES string of the molecule is CCC1CCCN(C(CNCC(C)C)COC)CC1. The highest BCUT2D eigenvalue weighted by Gasteiger charge is 2.22. The van der Waals surface area contributed by atoms with Gasteiger partial charge in [0, 0.05) is 19.7 Å². The van der Waals surface area contributed by atoms with Crippen LogP contribution in [0.15, 0.2) is 0 Å². The van der Waals surface area contributed by atoms with Gasteiger partial charge in [0.1, 0.15) is 0 Å². The molecule has 3 heteroatoms. The first-order valence-corrected chi connectivity index (χ1v) is 8.11. The van der Waals surface area contributed by atoms with Gasteiger partial charge in [-0.1, -0.05) is 27.2 Å². The molecule has 1 aliphatic rings. The molecule has 1 heterocycles. The molecule has 0 aliphatic carbocycles. The Morgan fingerprint density at radius 1 is 1.21 bits per heavy atom. The fraction of sp³-hybridized carbons (Fsp3) is 1.00. The van der Waals surface area contributed by atoms with Gasteiger partial charge in [0.25, 0.3) is 0 Å². The molecule has 114 valence electrons. The van der Waals surface area contributed by atoms with E-state index in [2.05, 4.69) is 31.0 Å². The second-order valence-electron chi connectivity index (χ2n) is 6.40. The smallest absolute Gasteiger partial charge is 0.0630 e. The molecule has 1 fully saturated rings. The molecule has 1 saturated heterocycles. The second kappa shape index (κ2) is 9.73. The zero-order valence-electron chi connectivity index (χ0n) is 13.5. The summed E-state index contributed by atoms with van der Waals surface area (Å²) < 4.78 is 5.43. The van der Waals surface area contributed by atoms with Crippen LogP contribution in [0.3, 0.4) is 0 Å². The number of rotatable bonds is 8. The zero-order chi connectivity index (χ0) is 14.1. The Bertz CT molecular complexity index is 221. The van der Waals surface area contributed by atoms with Crippen LogP contribution in [0.1, 0.15) is 46.5 Å². The van der Waals surface area contributed by atoms with Crippen molar-refractivity contribution in [2.24, 2.45) is 11.8 Å². The van der Waals surface area contributed by atoms with Crippen molar-refractivity contribution in [3.8, 4) is 0 Å². The second-order valence-corrected chi connectivity index (χ2v) is 6.40. The first-order chi connectivity index (χ1) is 9.17. The van der Waals surface area contributed by atoms with E-state index in [1.54, 1.807) is 0 Å². The first kappa shape index (κ1) is 16.9. The molecule has 1 aliphatic heterocycles. The van der Waals surface area contributed by atoms with E-state index in [0.29, 0.717) is 6.04 Å². The summed E-state index contributed by atoms with van der Waals surface area (Å²) in [6.07, 6.45) is 5.46. The fourth-order valence-corrected chi connectivity index (χ4v) is 2.99. The first-order valence-electron chi connectivity index (χ1n) is 8.11. The van der Waals surface area contributed by atoms with Crippen molar-refractivity contribution in [1.29, 1.82) is 0 Å². The van der Waals surface area contributed by atoms with Crippen LogP contribution in [0.4, 0.5) is 0 Å². The molecule has 19 heavy (non-hydrogen) atoms. The Kier molecular flexibility index (Phi) is 8.67. The Labute approximate surface area is 120 Å². The predicted molar refractivity (Wildman–Crippen MR) is 82.6 cm³/mol. The van der Waals surface area contributed by atoms with Gasteiger partial charge in [-0.05, 0) is 50.7 Å². The molecule has 1 N–H and O–H groups in total. The van der Waals surface area contributed by atoms with Crippen LogP contribution in [-0.4, -0.2) is 50.8 Å². The standard InChI is InChI=1S/C16H34N2O/c1-5-15-7-6-9-18(10-8-15)16(13-19-4)12-17-11-14(2)3/h14-17H,5-13H2,1-4H3. The largest absolute Gasteiger partial charge is 0.383 e. The van der Waals surface area contributed by atoms with Crippen LogP contribution >= 0.6 is 0 Å². The number of likely N-dealkylation sites (tertiary alicyclic amines) is 1. The van der Waals surface area contributed by atoms with E-state index in [0.717, 1.165) is 31.5 Å². The summed E-state index contributed by atoms with van der Waals surface area (Å²) in [5.41, 5.74) is 0. The Morgan fingerprint density at radius 2 is 2.00 bits per heavy atom. The summed E-state index contributed by atoms with van der Waals surface area (Å²) >= 11 is 0. The van der Waals surface area contributed by atoms with Crippen LogP contribution in [0, 0.1) is 11.8 Å². The van der Waals surface area contributed by atoms with Crippen LogP contribution in [0.5, 0.6) is 0 Å². The maximum atomic E-state index is 5.43. The molecule has 0 aromatic carbocycles. The third-order valence-corrected chi connectivity index (χ3v) is 4.27. The highest BCUT2D eigenvalue weighted by atomic mass is 16.5. The maximum absolute atomic E-state index is 5.43. The number of nitrogens with zero attached hydrogens (tertiary/aromatic N) is 1. The lowest BCUT2D eigenvalue weighted by molar-refractivity contribution is 0.0901. The molecule has 0 radical (unpaired) electrons. The topological polar surface area (TPSA) is 24.5 Å². The Hall–Kier alpha value is -0.120. The van der Waals surface area contributed by atoms with E-state index in [4.69, 9.17) is 4.74 Å². The summed E-state index contributed by atoms with van der Waals surface area (Å²) in [5, 5.41) is 3.59. The van der Waals surface area contributed by atoms with E-state index < -0.39 is 0 Å². The molecule has 0 bridgehead atoms. The van der Waals surface area contributed by atoms with Gasteiger partial charge >= 0.3 is 0 Å². The molecule has 0 saturated carbocycles. The van der Waals surface area contributed by atoms with Gasteiger partial charge in [-0.2, -0.15) is 0 Å². The third kappa shape index (κ3) is 6.73. The predicted octanol–water partition coefficient (Wildman–Crippen LogP) is 2.76. The van der Waals surface area contributed by atoms with Crippen LogP contribution in [-0.2, 0) is 4.74 Å². The summed E-state index contributed by atoms with van der Waals surface area (Å²) in [6, 6.07) is 0.541. The van der Waals surface area contributed by atoms with Crippen LogP contribution in [0.2, 0.25) is 0 Å². The maximum Gasteiger partial charge on any atom is 0.0630 e. The van der Waals surface area contributed by atoms with E-state index in [1.165, 1.54) is 38.8 Å². The lowest BCUT2D eigenvalue weighted by atomic mass is 9.98. The molecular weight excluding hydrogens is 236 g/mol. The minimum atomic E-state index is 0.541. The van der Waals surface area contributed by atoms with Gasteiger partial charge < -0.3 is 10.1 Å². The molecular formula is C16H34N2O. The summed E-state index contributed by atoms with van der Waals surface area (Å²) in [5.74, 6) is 1.66. The number of hydrogen-bond donors (Lipinski definition) is 1. The number of nitrogens with one attached hydrogen (secondary N) is 1. The fourth-order valence-electron chi connectivity index (χ4n) is 2.99. The minimum Gasteiger partial charge on any atom is -0.383 e. The van der Waals surface area contributed by atoms with Crippen LogP contribution in [0.25, 0.3) is 0 Å². The minimum absolute atomic E-state index is 0.541. The van der Waals surface area contributed by atoms with E-state index >= 15 is 0 Å². The van der Waals surface area contributed by atoms with Gasteiger partial charge in [-0.15, -0.1) is 0 Å². The number of methoxy groups -OCH3 is 1. The highest BCUT2D eigenvalue weighted by molar-refractivity contribution is 4.78. The molecule has 0 amide bonds. The average molecular weight is 270 g/mol. The quantitative estimate of drug-likeness (QED) is 0.734. The van der Waals surface area contributed by atoms with Gasteiger partial charge in [0.15, 0.2) is 0 Å². The lowest BCUT2D eigenvalue weighted by Gasteiger charge is -2.30. The average Bonchev–Trinajstić information content (AvgIpc) is 2.62. The molecule has 2 atom stereocenters. The third-order valence-electron chi connectivity index (χ3n) is 4.27. The van der Waals surface area contributed by atoms with Crippen molar-refractivity contribution in [1.82, 2.24) is 10.2 Å². The van der Waals surface area contributed by atoms with E-state index in [9.17, 15) is 0 Å². The van der Waals surface area contributed by atoms with Crippen molar-refractivity contribution in [3.63, 3.8) is 0 Å². The summed E-state index contributed by atoms with van der Waals surface area (Å²) in [7, 11) is 1.82. The highest BCUT2D eigenvalue weighted by Crippen LogP contribution is 2.21. The summed E-state index contributed by atoms with van der Waals surface area (Å²) in [4.78, 5) is 2.65. The zero-order valence-corrected chi connectivity index (χ0v) is 13.5.